The molecule has 100 valence electrons. The van der Waals surface area contributed by atoms with E-state index in [4.69, 9.17) is 4.74 Å². The van der Waals surface area contributed by atoms with Gasteiger partial charge in [-0.25, -0.2) is 4.98 Å². The van der Waals surface area contributed by atoms with Crippen molar-refractivity contribution < 1.29 is 4.74 Å². The molecule has 1 aliphatic rings. The van der Waals surface area contributed by atoms with Crippen LogP contribution in [0.15, 0.2) is 18.3 Å². The number of aromatic nitrogens is 1. The Hall–Kier alpha value is -1.09. The molecule has 18 heavy (non-hydrogen) atoms. The molecule has 0 atom stereocenters. The van der Waals surface area contributed by atoms with Gasteiger partial charge in [0.25, 0.3) is 0 Å². The number of nitrogens with zero attached hydrogens (tertiary/aromatic N) is 1. The van der Waals surface area contributed by atoms with Crippen LogP contribution < -0.4 is 10.1 Å². The van der Waals surface area contributed by atoms with E-state index < -0.39 is 0 Å². The number of pyridine rings is 1. The van der Waals surface area contributed by atoms with Gasteiger partial charge >= 0.3 is 0 Å². The van der Waals surface area contributed by atoms with Gasteiger partial charge in [-0.2, -0.15) is 0 Å². The van der Waals surface area contributed by atoms with E-state index in [9.17, 15) is 0 Å². The maximum atomic E-state index is 5.80. The summed E-state index contributed by atoms with van der Waals surface area (Å²) in [6, 6.07) is 4.05. The van der Waals surface area contributed by atoms with Crippen molar-refractivity contribution in [2.24, 2.45) is 5.92 Å². The van der Waals surface area contributed by atoms with Crippen LogP contribution in [0.2, 0.25) is 0 Å². The van der Waals surface area contributed by atoms with Crippen LogP contribution in [-0.2, 0) is 6.54 Å². The number of hydrogen-bond donors (Lipinski definition) is 1. The van der Waals surface area contributed by atoms with E-state index in [1.54, 1.807) is 6.20 Å². The van der Waals surface area contributed by atoms with Crippen molar-refractivity contribution in [2.45, 2.75) is 52.1 Å². The zero-order valence-corrected chi connectivity index (χ0v) is 11.7. The van der Waals surface area contributed by atoms with Crippen LogP contribution in [0, 0.1) is 5.92 Å². The highest BCUT2D eigenvalue weighted by Gasteiger charge is 2.21. The van der Waals surface area contributed by atoms with E-state index in [1.165, 1.54) is 19.3 Å². The molecule has 1 aromatic rings. The van der Waals surface area contributed by atoms with Gasteiger partial charge in [0.05, 0.1) is 6.61 Å². The Bertz CT molecular complexity index is 380. The molecule has 1 aliphatic carbocycles. The fourth-order valence-electron chi connectivity index (χ4n) is 1.78. The van der Waals surface area contributed by atoms with Gasteiger partial charge in [-0.3, -0.25) is 0 Å². The van der Waals surface area contributed by atoms with E-state index in [0.29, 0.717) is 0 Å². The van der Waals surface area contributed by atoms with Gasteiger partial charge in [-0.1, -0.05) is 18.9 Å². The van der Waals surface area contributed by atoms with E-state index >= 15 is 0 Å². The first kappa shape index (κ1) is 13.3. The summed E-state index contributed by atoms with van der Waals surface area (Å²) >= 11 is 0. The van der Waals surface area contributed by atoms with Crippen molar-refractivity contribution in [1.29, 1.82) is 0 Å². The van der Waals surface area contributed by atoms with Crippen LogP contribution in [0.3, 0.4) is 0 Å². The van der Waals surface area contributed by atoms with Crippen LogP contribution in [-0.4, -0.2) is 17.1 Å². The third kappa shape index (κ3) is 4.65. The van der Waals surface area contributed by atoms with Crippen LogP contribution in [0.5, 0.6) is 5.88 Å². The maximum absolute atomic E-state index is 5.80. The minimum atomic E-state index is 0.112. The molecule has 1 N–H and O–H groups in total. The standard InChI is InChI=1S/C15H24N2O/c1-15(2,3)17-11-13-5-4-9-16-14(13)18-10-8-12-6-7-12/h4-5,9,12,17H,6-8,10-11H2,1-3H3. The summed E-state index contributed by atoms with van der Waals surface area (Å²) in [5, 5.41) is 3.47. The summed E-state index contributed by atoms with van der Waals surface area (Å²) in [6.45, 7) is 8.09. The van der Waals surface area contributed by atoms with Crippen LogP contribution in [0.25, 0.3) is 0 Å². The van der Waals surface area contributed by atoms with Crippen molar-refractivity contribution in [1.82, 2.24) is 10.3 Å². The number of hydrogen-bond acceptors (Lipinski definition) is 3. The lowest BCUT2D eigenvalue weighted by Gasteiger charge is -2.21. The van der Waals surface area contributed by atoms with Gasteiger partial charge in [0, 0.05) is 23.8 Å². The smallest absolute Gasteiger partial charge is 0.217 e. The van der Waals surface area contributed by atoms with Crippen LogP contribution >= 0.6 is 0 Å². The van der Waals surface area contributed by atoms with Gasteiger partial charge in [0.15, 0.2) is 0 Å². The Morgan fingerprint density at radius 1 is 1.39 bits per heavy atom. The summed E-state index contributed by atoms with van der Waals surface area (Å²) in [5.74, 6) is 1.69. The van der Waals surface area contributed by atoms with Crippen molar-refractivity contribution in [3.8, 4) is 5.88 Å². The lowest BCUT2D eigenvalue weighted by Crippen LogP contribution is -2.35. The second kappa shape index (κ2) is 5.70. The predicted octanol–water partition coefficient (Wildman–Crippen LogP) is 3.15. The lowest BCUT2D eigenvalue weighted by molar-refractivity contribution is 0.286. The van der Waals surface area contributed by atoms with Crippen molar-refractivity contribution >= 4 is 0 Å². The Kier molecular flexibility index (Phi) is 4.23. The molecule has 0 unspecified atom stereocenters. The molecule has 0 saturated heterocycles. The van der Waals surface area contributed by atoms with Crippen molar-refractivity contribution in [3.63, 3.8) is 0 Å². The third-order valence-electron chi connectivity index (χ3n) is 3.12. The minimum absolute atomic E-state index is 0.112. The zero-order chi connectivity index (χ0) is 13.0. The molecule has 1 saturated carbocycles. The molecule has 3 nitrogen and oxygen atoms in total. The number of rotatable bonds is 6. The fourth-order valence-corrected chi connectivity index (χ4v) is 1.78. The lowest BCUT2D eigenvalue weighted by atomic mass is 10.1. The molecule has 0 amide bonds. The van der Waals surface area contributed by atoms with Crippen molar-refractivity contribution in [3.05, 3.63) is 23.9 Å². The summed E-state index contributed by atoms with van der Waals surface area (Å²) < 4.78 is 5.80. The molecule has 0 bridgehead atoms. The van der Waals surface area contributed by atoms with E-state index in [2.05, 4.69) is 37.1 Å². The van der Waals surface area contributed by atoms with E-state index in [-0.39, 0.29) is 5.54 Å². The molecule has 0 spiro atoms. The Morgan fingerprint density at radius 2 is 2.17 bits per heavy atom. The fraction of sp³-hybridized carbons (Fsp3) is 0.667. The predicted molar refractivity (Wildman–Crippen MR) is 73.7 cm³/mol. The minimum Gasteiger partial charge on any atom is -0.477 e. The second-order valence-electron chi connectivity index (χ2n) is 6.15. The summed E-state index contributed by atoms with van der Waals surface area (Å²) in [6.07, 6.45) is 5.73. The van der Waals surface area contributed by atoms with E-state index in [1.807, 2.05) is 6.07 Å². The summed E-state index contributed by atoms with van der Waals surface area (Å²) in [7, 11) is 0. The van der Waals surface area contributed by atoms with Gasteiger partial charge < -0.3 is 10.1 Å². The average molecular weight is 248 g/mol. The highest BCUT2D eigenvalue weighted by atomic mass is 16.5. The van der Waals surface area contributed by atoms with Gasteiger partial charge in [0.2, 0.25) is 5.88 Å². The molecular weight excluding hydrogens is 224 g/mol. The first-order chi connectivity index (χ1) is 8.54. The quantitative estimate of drug-likeness (QED) is 0.839. The van der Waals surface area contributed by atoms with E-state index in [0.717, 1.165) is 30.5 Å². The average Bonchev–Trinajstić information content (AvgIpc) is 3.11. The largest absolute Gasteiger partial charge is 0.477 e. The summed E-state index contributed by atoms with van der Waals surface area (Å²) in [4.78, 5) is 4.33. The molecule has 3 heteroatoms. The maximum Gasteiger partial charge on any atom is 0.217 e. The highest BCUT2D eigenvalue weighted by Crippen LogP contribution is 2.32. The highest BCUT2D eigenvalue weighted by molar-refractivity contribution is 5.25. The molecule has 1 fully saturated rings. The monoisotopic (exact) mass is 248 g/mol. The van der Waals surface area contributed by atoms with Crippen LogP contribution in [0.1, 0.15) is 45.6 Å². The summed E-state index contributed by atoms with van der Waals surface area (Å²) in [5.41, 5.74) is 1.25. The second-order valence-corrected chi connectivity index (χ2v) is 6.15. The Labute approximate surface area is 110 Å². The molecule has 1 heterocycles. The van der Waals surface area contributed by atoms with Gasteiger partial charge in [0.1, 0.15) is 0 Å². The molecular formula is C15H24N2O. The third-order valence-corrected chi connectivity index (χ3v) is 3.12. The molecule has 0 aromatic carbocycles. The number of ether oxygens (including phenoxy) is 1. The Morgan fingerprint density at radius 3 is 2.83 bits per heavy atom. The normalized spacial score (nSPS) is 15.7. The first-order valence-corrected chi connectivity index (χ1v) is 6.86. The first-order valence-electron chi connectivity index (χ1n) is 6.86. The topological polar surface area (TPSA) is 34.2 Å². The SMILES string of the molecule is CC(C)(C)NCc1cccnc1OCCC1CC1. The zero-order valence-electron chi connectivity index (χ0n) is 11.7. The molecule has 2 rings (SSSR count). The molecule has 0 radical (unpaired) electrons. The van der Waals surface area contributed by atoms with Crippen LogP contribution in [0.4, 0.5) is 0 Å². The van der Waals surface area contributed by atoms with Gasteiger partial charge in [-0.05, 0) is 39.2 Å². The Balaban J connectivity index is 1.87. The van der Waals surface area contributed by atoms with Gasteiger partial charge in [-0.15, -0.1) is 0 Å². The molecule has 0 aliphatic heterocycles. The van der Waals surface area contributed by atoms with Crippen molar-refractivity contribution in [2.75, 3.05) is 6.61 Å². The number of nitrogens with one attached hydrogen (secondary N) is 1. The molecule has 1 aromatic heterocycles.